The van der Waals surface area contributed by atoms with Crippen molar-refractivity contribution in [3.8, 4) is 0 Å². The average Bonchev–Trinajstić information content (AvgIpc) is 3.96. The van der Waals surface area contributed by atoms with Crippen LogP contribution in [0.4, 0.5) is 34.1 Å². The van der Waals surface area contributed by atoms with Crippen molar-refractivity contribution in [1.82, 2.24) is 0 Å². The van der Waals surface area contributed by atoms with Gasteiger partial charge in [-0.05, 0) is 145 Å². The molecule has 0 N–H and O–H groups in total. The molecule has 0 unspecified atom stereocenters. The van der Waals surface area contributed by atoms with Gasteiger partial charge in [-0.3, -0.25) is 0 Å². The van der Waals surface area contributed by atoms with Crippen LogP contribution in [0.5, 0.6) is 0 Å². The Morgan fingerprint density at radius 1 is 0.352 bits per heavy atom. The van der Waals surface area contributed by atoms with Crippen molar-refractivity contribution >= 4 is 66.4 Å². The molecule has 2 fully saturated rings. The second kappa shape index (κ2) is 13.7. The SMILES string of the molecule is Cc1ccc(N(c2ccc(C3CCCC3)cc2)c2ccc3ccc4c(N(c5ccc(C)cc5)c5ccc(C6CCCC6)cc5)ccc5ccc2c3c54)cc1. The first-order valence-electron chi connectivity index (χ1n) is 20.2. The summed E-state index contributed by atoms with van der Waals surface area (Å²) in [4.78, 5) is 4.93. The minimum Gasteiger partial charge on any atom is -0.310 e. The molecule has 2 saturated carbocycles. The maximum Gasteiger partial charge on any atom is 0.0540 e. The van der Waals surface area contributed by atoms with Crippen LogP contribution in [-0.2, 0) is 0 Å². The second-order valence-corrected chi connectivity index (χ2v) is 16.1. The molecule has 2 aliphatic carbocycles. The van der Waals surface area contributed by atoms with Gasteiger partial charge in [-0.15, -0.1) is 0 Å². The van der Waals surface area contributed by atoms with Gasteiger partial charge in [-0.25, -0.2) is 0 Å². The maximum absolute atomic E-state index is 2.47. The number of benzene rings is 8. The topological polar surface area (TPSA) is 6.48 Å². The van der Waals surface area contributed by atoms with Gasteiger partial charge < -0.3 is 9.80 Å². The van der Waals surface area contributed by atoms with Crippen molar-refractivity contribution in [2.24, 2.45) is 0 Å². The van der Waals surface area contributed by atoms with Crippen LogP contribution < -0.4 is 9.80 Å². The van der Waals surface area contributed by atoms with Crippen LogP contribution in [0.3, 0.4) is 0 Å². The fourth-order valence-corrected chi connectivity index (χ4v) is 9.71. The molecule has 0 bridgehead atoms. The first-order chi connectivity index (χ1) is 26.6. The predicted molar refractivity (Wildman–Crippen MR) is 231 cm³/mol. The van der Waals surface area contributed by atoms with Crippen LogP contribution in [0, 0.1) is 13.8 Å². The lowest BCUT2D eigenvalue weighted by Crippen LogP contribution is -2.12. The van der Waals surface area contributed by atoms with E-state index in [1.54, 1.807) is 0 Å². The van der Waals surface area contributed by atoms with E-state index < -0.39 is 0 Å². The van der Waals surface area contributed by atoms with E-state index in [9.17, 15) is 0 Å². The van der Waals surface area contributed by atoms with Gasteiger partial charge in [0.1, 0.15) is 0 Å². The number of rotatable bonds is 8. The van der Waals surface area contributed by atoms with Crippen LogP contribution in [0.15, 0.2) is 146 Å². The molecule has 0 spiro atoms. The third kappa shape index (κ3) is 5.80. The zero-order chi connectivity index (χ0) is 36.2. The summed E-state index contributed by atoms with van der Waals surface area (Å²) in [7, 11) is 0. The van der Waals surface area contributed by atoms with Crippen LogP contribution in [0.25, 0.3) is 32.3 Å². The Kier molecular flexibility index (Phi) is 8.36. The Morgan fingerprint density at radius 3 is 1.02 bits per heavy atom. The fraction of sp³-hybridized carbons (Fsp3) is 0.231. The number of hydrogen-bond donors (Lipinski definition) is 0. The molecule has 0 aromatic heterocycles. The van der Waals surface area contributed by atoms with Crippen molar-refractivity contribution in [2.45, 2.75) is 77.0 Å². The minimum atomic E-state index is 0.695. The molecule has 0 atom stereocenters. The third-order valence-electron chi connectivity index (χ3n) is 12.6. The quantitative estimate of drug-likeness (QED) is 0.146. The van der Waals surface area contributed by atoms with Gasteiger partial charge in [0.25, 0.3) is 0 Å². The average molecular weight is 701 g/mol. The molecule has 2 heteroatoms. The van der Waals surface area contributed by atoms with E-state index in [0.717, 1.165) is 0 Å². The number of hydrogen-bond acceptors (Lipinski definition) is 2. The highest BCUT2D eigenvalue weighted by Crippen LogP contribution is 2.48. The number of nitrogens with zero attached hydrogens (tertiary/aromatic N) is 2. The van der Waals surface area contributed by atoms with Crippen molar-refractivity contribution < 1.29 is 0 Å². The molecule has 2 nitrogen and oxygen atoms in total. The van der Waals surface area contributed by atoms with E-state index in [2.05, 4.69) is 169 Å². The van der Waals surface area contributed by atoms with E-state index in [-0.39, 0.29) is 0 Å². The summed E-state index contributed by atoms with van der Waals surface area (Å²) in [6.45, 7) is 4.34. The van der Waals surface area contributed by atoms with Gasteiger partial charge in [0.05, 0.1) is 11.4 Å². The van der Waals surface area contributed by atoms with E-state index in [4.69, 9.17) is 0 Å². The van der Waals surface area contributed by atoms with Gasteiger partial charge in [0.2, 0.25) is 0 Å². The first kappa shape index (κ1) is 33.0. The monoisotopic (exact) mass is 700 g/mol. The van der Waals surface area contributed by atoms with Crippen LogP contribution in [-0.4, -0.2) is 0 Å². The molecule has 54 heavy (non-hydrogen) atoms. The molecule has 0 saturated heterocycles. The molecule has 0 amide bonds. The molecule has 0 heterocycles. The molecule has 2 aliphatic rings. The zero-order valence-electron chi connectivity index (χ0n) is 31.6. The summed E-state index contributed by atoms with van der Waals surface area (Å²) in [6, 6.07) is 55.6. The Bertz CT molecular complexity index is 2370. The minimum absolute atomic E-state index is 0.695. The summed E-state index contributed by atoms with van der Waals surface area (Å²) in [5, 5.41) is 7.73. The van der Waals surface area contributed by atoms with Gasteiger partial charge in [0.15, 0.2) is 0 Å². The molecule has 8 aromatic rings. The summed E-state index contributed by atoms with van der Waals surface area (Å²) < 4.78 is 0. The lowest BCUT2D eigenvalue weighted by Gasteiger charge is -2.29. The normalized spacial score (nSPS) is 15.2. The fourth-order valence-electron chi connectivity index (χ4n) is 9.71. The molecule has 266 valence electrons. The molecule has 0 aliphatic heterocycles. The number of anilines is 6. The highest BCUT2D eigenvalue weighted by atomic mass is 15.1. The molecular weight excluding hydrogens is 653 g/mol. The highest BCUT2D eigenvalue weighted by molar-refractivity contribution is 6.28. The van der Waals surface area contributed by atoms with Crippen molar-refractivity contribution in [3.05, 3.63) is 168 Å². The van der Waals surface area contributed by atoms with E-state index >= 15 is 0 Å². The van der Waals surface area contributed by atoms with Gasteiger partial charge >= 0.3 is 0 Å². The molecule has 0 radical (unpaired) electrons. The molecule has 8 aromatic carbocycles. The zero-order valence-corrected chi connectivity index (χ0v) is 31.6. The van der Waals surface area contributed by atoms with Crippen molar-refractivity contribution in [2.75, 3.05) is 9.80 Å². The molecule has 10 rings (SSSR count). The Balaban J connectivity index is 1.15. The van der Waals surface area contributed by atoms with E-state index in [1.165, 1.54) is 140 Å². The van der Waals surface area contributed by atoms with Crippen LogP contribution in [0.2, 0.25) is 0 Å². The standard InChI is InChI=1S/C52H48N2/c1-35-11-23-43(24-12-35)53(45-27-15-39(16-28-45)37-7-3-4-8-37)49-33-21-41-20-32-48-50(34-22-42-19-31-47(49)51(41)52(42)48)54(44-25-13-36(2)14-26-44)46-29-17-40(18-30-46)38-9-5-6-10-38/h11-34,37-38H,3-10H2,1-2H3. The van der Waals surface area contributed by atoms with E-state index in [1.807, 2.05) is 0 Å². The molecular formula is C52H48N2. The van der Waals surface area contributed by atoms with E-state index in [0.29, 0.717) is 11.8 Å². The van der Waals surface area contributed by atoms with Gasteiger partial charge in [0, 0.05) is 33.5 Å². The lowest BCUT2D eigenvalue weighted by molar-refractivity contribution is 0.723. The second-order valence-electron chi connectivity index (χ2n) is 16.1. The van der Waals surface area contributed by atoms with Crippen molar-refractivity contribution in [3.63, 3.8) is 0 Å². The Labute approximate surface area is 320 Å². The third-order valence-corrected chi connectivity index (χ3v) is 12.6. The largest absolute Gasteiger partial charge is 0.310 e. The number of aryl methyl sites for hydroxylation is 2. The summed E-state index contributed by atoms with van der Waals surface area (Å²) in [6.07, 6.45) is 10.6. The van der Waals surface area contributed by atoms with Crippen LogP contribution in [0.1, 0.15) is 85.5 Å². The summed E-state index contributed by atoms with van der Waals surface area (Å²) >= 11 is 0. The maximum atomic E-state index is 2.47. The van der Waals surface area contributed by atoms with Gasteiger partial charge in [-0.1, -0.05) is 122 Å². The van der Waals surface area contributed by atoms with Crippen LogP contribution >= 0.6 is 0 Å². The smallest absolute Gasteiger partial charge is 0.0540 e. The predicted octanol–water partition coefficient (Wildman–Crippen LogP) is 15.5. The van der Waals surface area contributed by atoms with Crippen molar-refractivity contribution in [1.29, 1.82) is 0 Å². The summed E-state index contributed by atoms with van der Waals surface area (Å²) in [5.41, 5.74) is 12.7. The Morgan fingerprint density at radius 2 is 0.667 bits per heavy atom. The first-order valence-corrected chi connectivity index (χ1v) is 20.2. The summed E-state index contributed by atoms with van der Waals surface area (Å²) in [5.74, 6) is 1.39. The highest BCUT2D eigenvalue weighted by Gasteiger charge is 2.23. The van der Waals surface area contributed by atoms with Gasteiger partial charge in [-0.2, -0.15) is 0 Å². The lowest BCUT2D eigenvalue weighted by atomic mass is 9.91. The Hall–Kier alpha value is -5.60.